The summed E-state index contributed by atoms with van der Waals surface area (Å²) in [6.07, 6.45) is 0.430. The number of nitrogens with zero attached hydrogens (tertiary/aromatic N) is 1. The second kappa shape index (κ2) is 6.11. The van der Waals surface area contributed by atoms with Gasteiger partial charge in [-0.1, -0.05) is 6.07 Å². The molecule has 1 aliphatic heterocycles. The summed E-state index contributed by atoms with van der Waals surface area (Å²) in [5.74, 6) is -0.500. The van der Waals surface area contributed by atoms with E-state index in [4.69, 9.17) is 27.9 Å². The Morgan fingerprint density at radius 3 is 2.61 bits per heavy atom. The molecule has 7 heteroatoms. The molecule has 0 radical (unpaired) electrons. The van der Waals surface area contributed by atoms with Crippen molar-refractivity contribution >= 4 is 34.8 Å². The summed E-state index contributed by atoms with van der Waals surface area (Å²) < 4.78 is 18.6. The number of nitrogens with one attached hydrogen (secondary N) is 1. The summed E-state index contributed by atoms with van der Waals surface area (Å²) in [5, 5.41) is 2.78. The Kier molecular flexibility index (Phi) is 4.47. The van der Waals surface area contributed by atoms with Crippen molar-refractivity contribution in [2.75, 3.05) is 31.2 Å². The molecule has 0 aromatic heterocycles. The molecule has 2 aliphatic rings. The van der Waals surface area contributed by atoms with Gasteiger partial charge in [0, 0.05) is 19.6 Å². The lowest BCUT2D eigenvalue weighted by Crippen LogP contribution is -2.36. The fourth-order valence-corrected chi connectivity index (χ4v) is 3.45. The van der Waals surface area contributed by atoms with E-state index in [0.717, 1.165) is 0 Å². The Morgan fingerprint density at radius 2 is 2.04 bits per heavy atom. The number of carbonyl (C=O) groups excluding carboxylic acids is 1. The number of ether oxygens (including phenoxy) is 1. The van der Waals surface area contributed by atoms with Crippen LogP contribution in [0.1, 0.15) is 18.9 Å². The van der Waals surface area contributed by atoms with Crippen molar-refractivity contribution in [3.8, 4) is 0 Å². The first-order valence-electron chi connectivity index (χ1n) is 7.61. The van der Waals surface area contributed by atoms with Crippen molar-refractivity contribution in [2.24, 2.45) is 5.41 Å². The van der Waals surface area contributed by atoms with Crippen LogP contribution >= 0.6 is 23.2 Å². The Bertz CT molecular complexity index is 620. The van der Waals surface area contributed by atoms with Gasteiger partial charge in [-0.25, -0.2) is 4.39 Å². The average Bonchev–Trinajstić information content (AvgIpc) is 3.05. The molecule has 1 atom stereocenters. The number of morpholine rings is 1. The molecule has 1 saturated carbocycles. The fourth-order valence-electron chi connectivity index (χ4n) is 2.74. The molecule has 1 aliphatic carbocycles. The molecule has 1 heterocycles. The van der Waals surface area contributed by atoms with Crippen LogP contribution in [0.2, 0.25) is 0 Å². The normalized spacial score (nSPS) is 26.0. The number of hydrogen-bond acceptors (Lipinski definition) is 3. The van der Waals surface area contributed by atoms with Crippen LogP contribution in [-0.4, -0.2) is 36.5 Å². The summed E-state index contributed by atoms with van der Waals surface area (Å²) in [6.45, 7) is 4.55. The summed E-state index contributed by atoms with van der Waals surface area (Å²) in [7, 11) is 0. The number of amides is 1. The molecule has 4 nitrogen and oxygen atoms in total. The van der Waals surface area contributed by atoms with E-state index in [9.17, 15) is 9.18 Å². The van der Waals surface area contributed by atoms with Crippen LogP contribution in [0.4, 0.5) is 10.1 Å². The number of halogens is 3. The minimum absolute atomic E-state index is 0.208. The third-order valence-corrected chi connectivity index (χ3v) is 5.68. The zero-order chi connectivity index (χ0) is 16.7. The maximum absolute atomic E-state index is 14.3. The second-order valence-corrected chi connectivity index (χ2v) is 7.77. The molecule has 1 amide bonds. The van der Waals surface area contributed by atoms with Crippen LogP contribution in [0.15, 0.2) is 18.2 Å². The van der Waals surface area contributed by atoms with E-state index in [1.165, 1.54) is 6.07 Å². The first-order valence-corrected chi connectivity index (χ1v) is 8.36. The van der Waals surface area contributed by atoms with Gasteiger partial charge in [0.15, 0.2) is 0 Å². The highest BCUT2D eigenvalue weighted by molar-refractivity contribution is 6.53. The molecule has 3 rings (SSSR count). The molecule has 2 fully saturated rings. The molecule has 0 bridgehead atoms. The standard InChI is InChI=1S/C16H19Cl2FN2O2/c1-15(10-16(15,17)18)14(22)20-9-11-2-3-13(12(19)8-11)21-4-6-23-7-5-21/h2-3,8H,4-7,9-10H2,1H3,(H,20,22). The van der Waals surface area contributed by atoms with Crippen LogP contribution in [-0.2, 0) is 16.1 Å². The Morgan fingerprint density at radius 1 is 1.39 bits per heavy atom. The topological polar surface area (TPSA) is 41.6 Å². The lowest BCUT2D eigenvalue weighted by Gasteiger charge is -2.29. The number of anilines is 1. The van der Waals surface area contributed by atoms with Gasteiger partial charge in [-0.05, 0) is 31.0 Å². The van der Waals surface area contributed by atoms with Gasteiger partial charge in [-0.3, -0.25) is 4.79 Å². The molecular formula is C16H19Cl2FN2O2. The molecule has 1 aromatic rings. The van der Waals surface area contributed by atoms with Crippen LogP contribution in [0.3, 0.4) is 0 Å². The quantitative estimate of drug-likeness (QED) is 0.839. The van der Waals surface area contributed by atoms with Crippen LogP contribution < -0.4 is 10.2 Å². The van der Waals surface area contributed by atoms with Crippen molar-refractivity contribution in [2.45, 2.75) is 24.2 Å². The number of rotatable bonds is 4. The molecule has 1 unspecified atom stereocenters. The lowest BCUT2D eigenvalue weighted by atomic mass is 10.1. The molecule has 126 valence electrons. The van der Waals surface area contributed by atoms with E-state index in [1.807, 2.05) is 11.0 Å². The van der Waals surface area contributed by atoms with Crippen molar-refractivity contribution < 1.29 is 13.9 Å². The predicted molar refractivity (Wildman–Crippen MR) is 88.4 cm³/mol. The monoisotopic (exact) mass is 360 g/mol. The van der Waals surface area contributed by atoms with E-state index < -0.39 is 9.75 Å². The van der Waals surface area contributed by atoms with E-state index in [0.29, 0.717) is 44.0 Å². The largest absolute Gasteiger partial charge is 0.378 e. The third-order valence-electron chi connectivity index (χ3n) is 4.58. The van der Waals surface area contributed by atoms with E-state index in [2.05, 4.69) is 5.32 Å². The van der Waals surface area contributed by atoms with E-state index in [-0.39, 0.29) is 18.3 Å². The summed E-state index contributed by atoms with van der Waals surface area (Å²) in [6, 6.07) is 5.02. The molecular weight excluding hydrogens is 342 g/mol. The molecule has 1 N–H and O–H groups in total. The first kappa shape index (κ1) is 16.8. The average molecular weight is 361 g/mol. The fraction of sp³-hybridized carbons (Fsp3) is 0.562. The van der Waals surface area contributed by atoms with Crippen molar-refractivity contribution in [3.63, 3.8) is 0 Å². The van der Waals surface area contributed by atoms with E-state index in [1.54, 1.807) is 13.0 Å². The predicted octanol–water partition coefficient (Wildman–Crippen LogP) is 2.86. The molecule has 1 aromatic carbocycles. The Balaban J connectivity index is 1.61. The second-order valence-electron chi connectivity index (χ2n) is 6.28. The van der Waals surface area contributed by atoms with Crippen molar-refractivity contribution in [1.29, 1.82) is 0 Å². The van der Waals surface area contributed by atoms with Crippen LogP contribution in [0, 0.1) is 11.2 Å². The van der Waals surface area contributed by atoms with Gasteiger partial charge in [0.25, 0.3) is 0 Å². The number of hydrogen-bond donors (Lipinski definition) is 1. The summed E-state index contributed by atoms with van der Waals surface area (Å²) in [5.41, 5.74) is 0.507. The van der Waals surface area contributed by atoms with Gasteiger partial charge in [0.05, 0.1) is 24.3 Å². The molecule has 1 saturated heterocycles. The van der Waals surface area contributed by atoms with Gasteiger partial charge in [-0.15, -0.1) is 23.2 Å². The van der Waals surface area contributed by atoms with Crippen molar-refractivity contribution in [3.05, 3.63) is 29.6 Å². The minimum Gasteiger partial charge on any atom is -0.378 e. The third kappa shape index (κ3) is 3.28. The smallest absolute Gasteiger partial charge is 0.229 e. The number of alkyl halides is 2. The SMILES string of the molecule is CC1(C(=O)NCc2ccc(N3CCOCC3)c(F)c2)CC1(Cl)Cl. The highest BCUT2D eigenvalue weighted by atomic mass is 35.5. The van der Waals surface area contributed by atoms with Crippen LogP contribution in [0.5, 0.6) is 0 Å². The van der Waals surface area contributed by atoms with Gasteiger partial charge in [0.2, 0.25) is 5.91 Å². The molecule has 0 spiro atoms. The highest BCUT2D eigenvalue weighted by Crippen LogP contribution is 2.63. The maximum atomic E-state index is 14.3. The van der Waals surface area contributed by atoms with Crippen molar-refractivity contribution in [1.82, 2.24) is 5.32 Å². The summed E-state index contributed by atoms with van der Waals surface area (Å²) >= 11 is 12.0. The number of carbonyl (C=O) groups is 1. The van der Waals surface area contributed by atoms with Gasteiger partial charge in [-0.2, -0.15) is 0 Å². The Labute approximate surface area is 144 Å². The van der Waals surface area contributed by atoms with Gasteiger partial charge >= 0.3 is 0 Å². The highest BCUT2D eigenvalue weighted by Gasteiger charge is 2.67. The Hall–Kier alpha value is -1.04. The number of benzene rings is 1. The molecule has 23 heavy (non-hydrogen) atoms. The summed E-state index contributed by atoms with van der Waals surface area (Å²) in [4.78, 5) is 14.1. The zero-order valence-corrected chi connectivity index (χ0v) is 14.4. The minimum atomic E-state index is -0.997. The lowest BCUT2D eigenvalue weighted by molar-refractivity contribution is -0.125. The zero-order valence-electron chi connectivity index (χ0n) is 12.9. The van der Waals surface area contributed by atoms with E-state index >= 15 is 0 Å². The van der Waals surface area contributed by atoms with Gasteiger partial charge in [0.1, 0.15) is 10.2 Å². The first-order chi connectivity index (χ1) is 10.8. The van der Waals surface area contributed by atoms with Gasteiger partial charge < -0.3 is 15.0 Å². The van der Waals surface area contributed by atoms with Crippen LogP contribution in [0.25, 0.3) is 0 Å². The maximum Gasteiger partial charge on any atom is 0.229 e.